The van der Waals surface area contributed by atoms with Crippen molar-refractivity contribution in [3.63, 3.8) is 0 Å². The summed E-state index contributed by atoms with van der Waals surface area (Å²) in [5.41, 5.74) is 7.31. The Hall–Kier alpha value is -1.51. The lowest BCUT2D eigenvalue weighted by Crippen LogP contribution is -2.31. The monoisotopic (exact) mass is 234 g/mol. The highest BCUT2D eigenvalue weighted by Gasteiger charge is 2.09. The smallest absolute Gasteiger partial charge is 0.224 e. The molecule has 0 heterocycles. The molecule has 0 spiro atoms. The van der Waals surface area contributed by atoms with Crippen LogP contribution in [0.15, 0.2) is 24.3 Å². The van der Waals surface area contributed by atoms with Gasteiger partial charge in [-0.25, -0.2) is 0 Å². The Morgan fingerprint density at radius 3 is 2.35 bits per heavy atom. The molecule has 0 aliphatic rings. The Balaban J connectivity index is 2.37. The minimum Gasteiger partial charge on any atom is -0.399 e. The maximum Gasteiger partial charge on any atom is 0.224 e. The van der Waals surface area contributed by atoms with E-state index >= 15 is 0 Å². The van der Waals surface area contributed by atoms with E-state index in [4.69, 9.17) is 5.73 Å². The molecule has 0 bridgehead atoms. The molecule has 0 aliphatic heterocycles. The number of hydrogen-bond donors (Lipinski definition) is 2. The molecule has 1 aromatic carbocycles. The Morgan fingerprint density at radius 1 is 1.24 bits per heavy atom. The first-order valence-corrected chi connectivity index (χ1v) is 6.10. The largest absolute Gasteiger partial charge is 0.399 e. The van der Waals surface area contributed by atoms with Gasteiger partial charge in [-0.1, -0.05) is 32.9 Å². The fourth-order valence-electron chi connectivity index (χ4n) is 1.39. The van der Waals surface area contributed by atoms with Crippen LogP contribution in [0, 0.1) is 11.8 Å². The molecule has 0 aliphatic carbocycles. The lowest BCUT2D eigenvalue weighted by molar-refractivity contribution is -0.120. The van der Waals surface area contributed by atoms with E-state index in [1.165, 1.54) is 0 Å². The highest BCUT2D eigenvalue weighted by molar-refractivity contribution is 5.78. The Bertz CT molecular complexity index is 357. The number of anilines is 1. The van der Waals surface area contributed by atoms with Crippen LogP contribution < -0.4 is 11.1 Å². The number of nitrogen functional groups attached to an aromatic ring is 1. The van der Waals surface area contributed by atoms with Gasteiger partial charge in [-0.3, -0.25) is 4.79 Å². The predicted molar refractivity (Wildman–Crippen MR) is 71.6 cm³/mol. The molecular weight excluding hydrogens is 212 g/mol. The van der Waals surface area contributed by atoms with Gasteiger partial charge in [0.2, 0.25) is 5.91 Å². The normalized spacial score (nSPS) is 12.5. The van der Waals surface area contributed by atoms with Crippen molar-refractivity contribution in [2.24, 2.45) is 11.8 Å². The van der Waals surface area contributed by atoms with Crippen LogP contribution in [0.1, 0.15) is 26.3 Å². The molecule has 17 heavy (non-hydrogen) atoms. The summed E-state index contributed by atoms with van der Waals surface area (Å²) in [6.07, 6.45) is 0.422. The van der Waals surface area contributed by atoms with E-state index in [9.17, 15) is 4.79 Å². The van der Waals surface area contributed by atoms with E-state index in [0.717, 1.165) is 17.8 Å². The Kier molecular flexibility index (Phi) is 5.01. The first kappa shape index (κ1) is 13.6. The summed E-state index contributed by atoms with van der Waals surface area (Å²) in [5.74, 6) is 1.17. The van der Waals surface area contributed by atoms with Gasteiger partial charge in [0.25, 0.3) is 0 Å². The van der Waals surface area contributed by atoms with Crippen LogP contribution in [0.25, 0.3) is 0 Å². The molecule has 3 N–H and O–H groups in total. The molecule has 0 aromatic heterocycles. The van der Waals surface area contributed by atoms with Crippen LogP contribution in [-0.4, -0.2) is 12.5 Å². The van der Waals surface area contributed by atoms with Gasteiger partial charge < -0.3 is 11.1 Å². The molecule has 0 radical (unpaired) electrons. The summed E-state index contributed by atoms with van der Waals surface area (Å²) in [7, 11) is 0. The van der Waals surface area contributed by atoms with Crippen LogP contribution >= 0.6 is 0 Å². The summed E-state index contributed by atoms with van der Waals surface area (Å²) in [4.78, 5) is 11.7. The maximum atomic E-state index is 11.7. The number of rotatable bonds is 5. The maximum absolute atomic E-state index is 11.7. The second kappa shape index (κ2) is 6.28. The van der Waals surface area contributed by atoms with E-state index in [2.05, 4.69) is 26.1 Å². The molecule has 1 aromatic rings. The highest BCUT2D eigenvalue weighted by Crippen LogP contribution is 2.08. The molecule has 0 saturated carbocycles. The number of carbonyl (C=O) groups is 1. The predicted octanol–water partition coefficient (Wildman–Crippen LogP) is 2.22. The Labute approximate surface area is 103 Å². The summed E-state index contributed by atoms with van der Waals surface area (Å²) in [6, 6.07) is 7.42. The van der Waals surface area contributed by atoms with Gasteiger partial charge in [0.05, 0.1) is 6.42 Å². The molecule has 0 saturated heterocycles. The first-order valence-electron chi connectivity index (χ1n) is 6.10. The number of nitrogens with one attached hydrogen (secondary N) is 1. The lowest BCUT2D eigenvalue weighted by atomic mass is 9.98. The van der Waals surface area contributed by atoms with Crippen molar-refractivity contribution in [3.05, 3.63) is 29.8 Å². The fraction of sp³-hybridized carbons (Fsp3) is 0.500. The van der Waals surface area contributed by atoms with Crippen LogP contribution in [0.5, 0.6) is 0 Å². The van der Waals surface area contributed by atoms with Crippen molar-refractivity contribution in [2.45, 2.75) is 27.2 Å². The van der Waals surface area contributed by atoms with Crippen molar-refractivity contribution >= 4 is 11.6 Å². The van der Waals surface area contributed by atoms with Crippen LogP contribution in [0.2, 0.25) is 0 Å². The first-order chi connectivity index (χ1) is 7.99. The van der Waals surface area contributed by atoms with Gasteiger partial charge >= 0.3 is 0 Å². The third-order valence-electron chi connectivity index (χ3n) is 3.10. The molecule has 1 unspecified atom stereocenters. The molecule has 1 rings (SSSR count). The van der Waals surface area contributed by atoms with Gasteiger partial charge in [-0.15, -0.1) is 0 Å². The molecule has 1 amide bonds. The molecular formula is C14H22N2O. The van der Waals surface area contributed by atoms with E-state index in [0.29, 0.717) is 18.3 Å². The molecule has 3 nitrogen and oxygen atoms in total. The van der Waals surface area contributed by atoms with Gasteiger partial charge in [0.15, 0.2) is 0 Å². The Morgan fingerprint density at radius 2 is 1.82 bits per heavy atom. The summed E-state index contributed by atoms with van der Waals surface area (Å²) in [5, 5.41) is 2.96. The van der Waals surface area contributed by atoms with E-state index < -0.39 is 0 Å². The number of carbonyl (C=O) groups excluding carboxylic acids is 1. The van der Waals surface area contributed by atoms with E-state index in [1.54, 1.807) is 0 Å². The SMILES string of the molecule is CC(C)C(C)CNC(=O)Cc1ccc(N)cc1. The zero-order valence-electron chi connectivity index (χ0n) is 10.9. The quantitative estimate of drug-likeness (QED) is 0.767. The van der Waals surface area contributed by atoms with Crippen molar-refractivity contribution in [1.82, 2.24) is 5.32 Å². The van der Waals surface area contributed by atoms with E-state index in [1.807, 2.05) is 24.3 Å². The van der Waals surface area contributed by atoms with Crippen molar-refractivity contribution in [2.75, 3.05) is 12.3 Å². The van der Waals surface area contributed by atoms with Crippen LogP contribution in [0.3, 0.4) is 0 Å². The molecule has 3 heteroatoms. The summed E-state index contributed by atoms with van der Waals surface area (Å²) < 4.78 is 0. The fourth-order valence-corrected chi connectivity index (χ4v) is 1.39. The van der Waals surface area contributed by atoms with Crippen molar-refractivity contribution in [1.29, 1.82) is 0 Å². The minimum absolute atomic E-state index is 0.0715. The lowest BCUT2D eigenvalue weighted by Gasteiger charge is -2.16. The highest BCUT2D eigenvalue weighted by atomic mass is 16.1. The zero-order chi connectivity index (χ0) is 12.8. The van der Waals surface area contributed by atoms with Gasteiger partial charge in [-0.05, 0) is 29.5 Å². The number of nitrogens with two attached hydrogens (primary N) is 1. The zero-order valence-corrected chi connectivity index (χ0v) is 10.9. The van der Waals surface area contributed by atoms with Crippen molar-refractivity contribution < 1.29 is 4.79 Å². The minimum atomic E-state index is 0.0715. The van der Waals surface area contributed by atoms with Gasteiger partial charge in [-0.2, -0.15) is 0 Å². The van der Waals surface area contributed by atoms with Crippen LogP contribution in [0.4, 0.5) is 5.69 Å². The van der Waals surface area contributed by atoms with Crippen molar-refractivity contribution in [3.8, 4) is 0 Å². The second-order valence-corrected chi connectivity index (χ2v) is 4.94. The molecule has 0 fully saturated rings. The van der Waals surface area contributed by atoms with Gasteiger partial charge in [0, 0.05) is 12.2 Å². The average Bonchev–Trinajstić information content (AvgIpc) is 2.29. The molecule has 1 atom stereocenters. The molecule has 94 valence electrons. The summed E-state index contributed by atoms with van der Waals surface area (Å²) in [6.45, 7) is 7.22. The average molecular weight is 234 g/mol. The third-order valence-corrected chi connectivity index (χ3v) is 3.10. The van der Waals surface area contributed by atoms with Gasteiger partial charge in [0.1, 0.15) is 0 Å². The number of hydrogen-bond acceptors (Lipinski definition) is 2. The van der Waals surface area contributed by atoms with Crippen LogP contribution in [-0.2, 0) is 11.2 Å². The number of amides is 1. The van der Waals surface area contributed by atoms with E-state index in [-0.39, 0.29) is 5.91 Å². The standard InChI is InChI=1S/C14H22N2O/c1-10(2)11(3)9-16-14(17)8-12-4-6-13(15)7-5-12/h4-7,10-11H,8-9,15H2,1-3H3,(H,16,17). The summed E-state index contributed by atoms with van der Waals surface area (Å²) >= 11 is 0. The second-order valence-electron chi connectivity index (χ2n) is 4.94. The topological polar surface area (TPSA) is 55.1 Å². The third kappa shape index (κ3) is 4.89. The number of benzene rings is 1.